The zero-order valence-corrected chi connectivity index (χ0v) is 15.8. The number of para-hydroxylation sites is 1. The van der Waals surface area contributed by atoms with Gasteiger partial charge in [-0.1, -0.05) is 23.4 Å². The minimum Gasteiger partial charge on any atom is -0.497 e. The van der Waals surface area contributed by atoms with E-state index in [2.05, 4.69) is 20.3 Å². The van der Waals surface area contributed by atoms with Crippen molar-refractivity contribution in [2.45, 2.75) is 13.5 Å². The van der Waals surface area contributed by atoms with Crippen molar-refractivity contribution in [3.05, 3.63) is 71.9 Å². The van der Waals surface area contributed by atoms with Gasteiger partial charge < -0.3 is 14.0 Å². The van der Waals surface area contributed by atoms with E-state index in [1.165, 1.54) is 4.80 Å². The molecule has 0 spiro atoms. The Bertz CT molecular complexity index is 1120. The lowest BCUT2D eigenvalue weighted by Crippen LogP contribution is -2.08. The van der Waals surface area contributed by atoms with E-state index in [1.807, 2.05) is 42.5 Å². The molecule has 0 atom stereocenters. The number of esters is 1. The Hall–Kier alpha value is -4.01. The van der Waals surface area contributed by atoms with Gasteiger partial charge in [0.1, 0.15) is 5.75 Å². The SMILES string of the molecule is COc1ccc(-c2noc(COC(=O)c3nn(-c4ccccc4)nc3C)n2)cc1. The lowest BCUT2D eigenvalue weighted by Gasteiger charge is -1.99. The number of nitrogens with zero attached hydrogens (tertiary/aromatic N) is 5. The van der Waals surface area contributed by atoms with Crippen LogP contribution in [0.3, 0.4) is 0 Å². The standard InChI is InChI=1S/C20H17N5O4/c1-13-18(23-25(22-13)15-6-4-3-5-7-15)20(26)28-12-17-21-19(24-29-17)14-8-10-16(27-2)11-9-14/h3-11H,12H2,1-2H3. The van der Waals surface area contributed by atoms with Gasteiger partial charge >= 0.3 is 5.97 Å². The molecule has 0 amide bonds. The smallest absolute Gasteiger partial charge is 0.361 e. The predicted molar refractivity (Wildman–Crippen MR) is 102 cm³/mol. The molecule has 2 aromatic carbocycles. The van der Waals surface area contributed by atoms with E-state index in [9.17, 15) is 4.79 Å². The number of methoxy groups -OCH3 is 1. The molecule has 0 radical (unpaired) electrons. The fourth-order valence-electron chi connectivity index (χ4n) is 2.61. The number of hydrogen-bond acceptors (Lipinski definition) is 8. The monoisotopic (exact) mass is 391 g/mol. The van der Waals surface area contributed by atoms with Gasteiger partial charge in [0.2, 0.25) is 5.82 Å². The molecule has 9 nitrogen and oxygen atoms in total. The second-order valence-corrected chi connectivity index (χ2v) is 6.08. The van der Waals surface area contributed by atoms with Crippen molar-refractivity contribution in [2.24, 2.45) is 0 Å². The molecule has 4 aromatic rings. The Balaban J connectivity index is 1.42. The summed E-state index contributed by atoms with van der Waals surface area (Å²) >= 11 is 0. The van der Waals surface area contributed by atoms with Crippen LogP contribution in [-0.4, -0.2) is 38.2 Å². The van der Waals surface area contributed by atoms with Gasteiger partial charge in [0, 0.05) is 5.56 Å². The number of aromatic nitrogens is 5. The third-order valence-corrected chi connectivity index (χ3v) is 4.11. The van der Waals surface area contributed by atoms with Gasteiger partial charge in [-0.05, 0) is 43.3 Å². The van der Waals surface area contributed by atoms with Gasteiger partial charge in [0.25, 0.3) is 5.89 Å². The molecule has 0 bridgehead atoms. The first-order valence-corrected chi connectivity index (χ1v) is 8.77. The predicted octanol–water partition coefficient (Wildman–Crippen LogP) is 2.99. The molecular weight excluding hydrogens is 374 g/mol. The molecule has 2 heterocycles. The van der Waals surface area contributed by atoms with Crippen molar-refractivity contribution in [1.82, 2.24) is 25.1 Å². The van der Waals surface area contributed by atoms with Crippen LogP contribution in [0.15, 0.2) is 59.1 Å². The molecule has 0 N–H and O–H groups in total. The van der Waals surface area contributed by atoms with Gasteiger partial charge in [-0.25, -0.2) is 4.79 Å². The number of carbonyl (C=O) groups excluding carboxylic acids is 1. The highest BCUT2D eigenvalue weighted by molar-refractivity contribution is 5.88. The zero-order chi connectivity index (χ0) is 20.2. The summed E-state index contributed by atoms with van der Waals surface area (Å²) in [5.41, 5.74) is 2.09. The molecule has 4 rings (SSSR count). The first-order valence-electron chi connectivity index (χ1n) is 8.77. The molecule has 0 saturated carbocycles. The summed E-state index contributed by atoms with van der Waals surface area (Å²) in [5, 5.41) is 12.4. The molecule has 2 aromatic heterocycles. The van der Waals surface area contributed by atoms with Crippen LogP contribution in [0.4, 0.5) is 0 Å². The fourth-order valence-corrected chi connectivity index (χ4v) is 2.61. The van der Waals surface area contributed by atoms with Crippen LogP contribution < -0.4 is 4.74 Å². The van der Waals surface area contributed by atoms with Crippen molar-refractivity contribution < 1.29 is 18.8 Å². The lowest BCUT2D eigenvalue weighted by molar-refractivity contribution is 0.0421. The molecular formula is C20H17N5O4. The van der Waals surface area contributed by atoms with Crippen molar-refractivity contribution >= 4 is 5.97 Å². The Labute approximate surface area is 165 Å². The van der Waals surface area contributed by atoms with Gasteiger partial charge in [-0.15, -0.1) is 5.10 Å². The molecule has 29 heavy (non-hydrogen) atoms. The van der Waals surface area contributed by atoms with E-state index in [4.69, 9.17) is 14.0 Å². The Kier molecular flexibility index (Phi) is 5.02. The summed E-state index contributed by atoms with van der Waals surface area (Å²) in [7, 11) is 1.59. The minimum atomic E-state index is -0.617. The van der Waals surface area contributed by atoms with Crippen LogP contribution >= 0.6 is 0 Å². The number of carbonyl (C=O) groups is 1. The summed E-state index contributed by atoms with van der Waals surface area (Å²) in [6.07, 6.45) is 0. The number of benzene rings is 2. The summed E-state index contributed by atoms with van der Waals surface area (Å²) in [4.78, 5) is 18.0. The largest absolute Gasteiger partial charge is 0.497 e. The summed E-state index contributed by atoms with van der Waals surface area (Å²) < 4.78 is 15.5. The van der Waals surface area contributed by atoms with E-state index in [-0.39, 0.29) is 18.2 Å². The molecule has 9 heteroatoms. The van der Waals surface area contributed by atoms with Crippen molar-refractivity contribution in [3.8, 4) is 22.8 Å². The van der Waals surface area contributed by atoms with Crippen LogP contribution in [0.1, 0.15) is 22.1 Å². The van der Waals surface area contributed by atoms with E-state index in [0.717, 1.165) is 17.0 Å². The average Bonchev–Trinajstić information content (AvgIpc) is 3.40. The van der Waals surface area contributed by atoms with Crippen LogP contribution in [0.5, 0.6) is 5.75 Å². The van der Waals surface area contributed by atoms with Gasteiger partial charge in [-0.3, -0.25) is 0 Å². The number of ether oxygens (including phenoxy) is 2. The van der Waals surface area contributed by atoms with Gasteiger partial charge in [0.15, 0.2) is 12.3 Å². The van der Waals surface area contributed by atoms with Gasteiger partial charge in [-0.2, -0.15) is 14.9 Å². The summed E-state index contributed by atoms with van der Waals surface area (Å²) in [6, 6.07) is 16.5. The maximum Gasteiger partial charge on any atom is 0.361 e. The maximum absolute atomic E-state index is 12.4. The quantitative estimate of drug-likeness (QED) is 0.462. The highest BCUT2D eigenvalue weighted by Gasteiger charge is 2.19. The van der Waals surface area contributed by atoms with Crippen molar-refractivity contribution in [2.75, 3.05) is 7.11 Å². The number of rotatable bonds is 6. The Morgan fingerprint density at radius 2 is 1.83 bits per heavy atom. The maximum atomic E-state index is 12.4. The topological polar surface area (TPSA) is 105 Å². The van der Waals surface area contributed by atoms with Crippen LogP contribution in [-0.2, 0) is 11.3 Å². The minimum absolute atomic E-state index is 0.128. The molecule has 146 valence electrons. The first-order chi connectivity index (χ1) is 14.1. The average molecular weight is 391 g/mol. The van der Waals surface area contributed by atoms with Crippen LogP contribution in [0.2, 0.25) is 0 Å². The van der Waals surface area contributed by atoms with E-state index in [0.29, 0.717) is 11.5 Å². The summed E-state index contributed by atoms with van der Waals surface area (Å²) in [5.74, 6) is 0.682. The van der Waals surface area contributed by atoms with E-state index in [1.54, 1.807) is 26.2 Å². The third-order valence-electron chi connectivity index (χ3n) is 4.11. The normalized spacial score (nSPS) is 10.7. The molecule has 0 saturated heterocycles. The fraction of sp³-hybridized carbons (Fsp3) is 0.150. The first kappa shape index (κ1) is 18.4. The summed E-state index contributed by atoms with van der Waals surface area (Å²) in [6.45, 7) is 1.52. The van der Waals surface area contributed by atoms with Gasteiger partial charge in [0.05, 0.1) is 18.5 Å². The number of hydrogen-bond donors (Lipinski definition) is 0. The molecule has 0 aliphatic rings. The molecule has 0 aliphatic heterocycles. The molecule has 0 unspecified atom stereocenters. The third kappa shape index (κ3) is 3.98. The van der Waals surface area contributed by atoms with Crippen LogP contribution in [0, 0.1) is 6.92 Å². The Morgan fingerprint density at radius 3 is 2.55 bits per heavy atom. The Morgan fingerprint density at radius 1 is 1.07 bits per heavy atom. The second kappa shape index (κ2) is 7.93. The van der Waals surface area contributed by atoms with E-state index < -0.39 is 5.97 Å². The lowest BCUT2D eigenvalue weighted by atomic mass is 10.2. The highest BCUT2D eigenvalue weighted by atomic mass is 16.6. The molecule has 0 fully saturated rings. The molecule has 0 aliphatic carbocycles. The van der Waals surface area contributed by atoms with Crippen LogP contribution in [0.25, 0.3) is 17.1 Å². The zero-order valence-electron chi connectivity index (χ0n) is 15.8. The van der Waals surface area contributed by atoms with Crippen molar-refractivity contribution in [1.29, 1.82) is 0 Å². The van der Waals surface area contributed by atoms with Crippen molar-refractivity contribution in [3.63, 3.8) is 0 Å². The second-order valence-electron chi connectivity index (χ2n) is 6.08. The number of aryl methyl sites for hydroxylation is 1. The highest BCUT2D eigenvalue weighted by Crippen LogP contribution is 2.20. The van der Waals surface area contributed by atoms with E-state index >= 15 is 0 Å².